The molecule has 8 heteroatoms. The molecule has 38 heavy (non-hydrogen) atoms. The number of amides is 2. The van der Waals surface area contributed by atoms with Crippen molar-refractivity contribution in [2.45, 2.75) is 92.2 Å². The summed E-state index contributed by atoms with van der Waals surface area (Å²) in [5.41, 5.74) is 2.86. The van der Waals surface area contributed by atoms with E-state index < -0.39 is 0 Å². The van der Waals surface area contributed by atoms with Crippen LogP contribution in [0.2, 0.25) is 0 Å². The molecule has 2 rings (SSSR count). The number of aryl methyl sites for hydroxylation is 2. The molecule has 2 aromatic rings. The highest BCUT2D eigenvalue weighted by atomic mass is 32.1. The predicted molar refractivity (Wildman–Crippen MR) is 161 cm³/mol. The van der Waals surface area contributed by atoms with Gasteiger partial charge in [-0.15, -0.1) is 11.3 Å². The lowest BCUT2D eigenvalue weighted by atomic mass is 10.0. The number of rotatable bonds is 17. The van der Waals surface area contributed by atoms with Crippen LogP contribution < -0.4 is 15.5 Å². The SMILES string of the molecule is CCCCC(CCC)N(C)C(=O)CN(CC(=O)NCCNC(C)C)c1cccc(-c2nc(C)sc2CC)c1. The van der Waals surface area contributed by atoms with E-state index >= 15 is 0 Å². The average Bonchev–Trinajstić information content (AvgIpc) is 3.28. The summed E-state index contributed by atoms with van der Waals surface area (Å²) >= 11 is 1.72. The van der Waals surface area contributed by atoms with Crippen molar-refractivity contribution in [3.8, 4) is 11.3 Å². The number of hydrogen-bond donors (Lipinski definition) is 2. The zero-order valence-corrected chi connectivity index (χ0v) is 25.4. The number of carbonyl (C=O) groups is 2. The van der Waals surface area contributed by atoms with Crippen LogP contribution in [0.1, 0.15) is 76.6 Å². The van der Waals surface area contributed by atoms with Crippen molar-refractivity contribution in [3.05, 3.63) is 34.2 Å². The second-order valence-electron chi connectivity index (χ2n) is 10.3. The van der Waals surface area contributed by atoms with Crippen LogP contribution in [-0.2, 0) is 16.0 Å². The lowest BCUT2D eigenvalue weighted by molar-refractivity contribution is -0.130. The van der Waals surface area contributed by atoms with E-state index in [9.17, 15) is 9.59 Å². The van der Waals surface area contributed by atoms with E-state index in [1.54, 1.807) is 11.3 Å². The highest BCUT2D eigenvalue weighted by Crippen LogP contribution is 2.31. The third-order valence-corrected chi connectivity index (χ3v) is 7.84. The minimum atomic E-state index is -0.0914. The van der Waals surface area contributed by atoms with Crippen molar-refractivity contribution in [3.63, 3.8) is 0 Å². The van der Waals surface area contributed by atoms with Gasteiger partial charge in [0.2, 0.25) is 11.8 Å². The van der Waals surface area contributed by atoms with Crippen LogP contribution in [-0.4, -0.2) is 67.0 Å². The Balaban J connectivity index is 2.28. The van der Waals surface area contributed by atoms with E-state index in [1.165, 1.54) is 4.88 Å². The fourth-order valence-corrected chi connectivity index (χ4v) is 5.50. The first-order valence-electron chi connectivity index (χ1n) is 14.3. The topological polar surface area (TPSA) is 77.6 Å². The Morgan fingerprint density at radius 3 is 2.47 bits per heavy atom. The fourth-order valence-electron chi connectivity index (χ4n) is 4.60. The van der Waals surface area contributed by atoms with Gasteiger partial charge in [0.05, 0.1) is 23.8 Å². The van der Waals surface area contributed by atoms with E-state index in [1.807, 2.05) is 35.9 Å². The zero-order valence-electron chi connectivity index (χ0n) is 24.6. The molecule has 0 aliphatic rings. The lowest BCUT2D eigenvalue weighted by Crippen LogP contribution is -2.47. The number of anilines is 1. The van der Waals surface area contributed by atoms with Gasteiger partial charge < -0.3 is 20.4 Å². The Bertz CT molecular complexity index is 1010. The molecule has 1 unspecified atom stereocenters. The predicted octanol–water partition coefficient (Wildman–Crippen LogP) is 5.42. The maximum atomic E-state index is 13.5. The third-order valence-electron chi connectivity index (χ3n) is 6.72. The van der Waals surface area contributed by atoms with Gasteiger partial charge in [0, 0.05) is 48.3 Å². The molecule has 0 saturated carbocycles. The molecule has 212 valence electrons. The standard InChI is InChI=1S/C30H49N5O2S/c1-8-11-15-25(13-9-2)34(7)29(37)21-35(20-28(36)32-18-17-31-22(4)5)26-16-12-14-24(19-26)30-27(10-3)38-23(6)33-30/h12,14,16,19,22,25,31H,8-11,13,15,17-18,20-21H2,1-7H3,(H,32,36). The summed E-state index contributed by atoms with van der Waals surface area (Å²) in [5.74, 6) is -0.0516. The van der Waals surface area contributed by atoms with E-state index in [2.05, 4.69) is 57.4 Å². The van der Waals surface area contributed by atoms with Gasteiger partial charge in [-0.25, -0.2) is 4.98 Å². The monoisotopic (exact) mass is 543 g/mol. The molecular formula is C30H49N5O2S. The van der Waals surface area contributed by atoms with Crippen molar-refractivity contribution in [1.82, 2.24) is 20.5 Å². The summed E-state index contributed by atoms with van der Waals surface area (Å²) in [6.45, 7) is 14.2. The molecule has 0 bridgehead atoms. The lowest BCUT2D eigenvalue weighted by Gasteiger charge is -2.31. The van der Waals surface area contributed by atoms with Crippen LogP contribution in [0.4, 0.5) is 5.69 Å². The first-order valence-corrected chi connectivity index (χ1v) is 15.1. The van der Waals surface area contributed by atoms with Gasteiger partial charge in [-0.3, -0.25) is 9.59 Å². The van der Waals surface area contributed by atoms with Crippen molar-refractivity contribution in [2.75, 3.05) is 38.1 Å². The molecule has 0 aliphatic heterocycles. The first-order chi connectivity index (χ1) is 18.2. The van der Waals surface area contributed by atoms with Crippen molar-refractivity contribution in [1.29, 1.82) is 0 Å². The molecule has 7 nitrogen and oxygen atoms in total. The zero-order chi connectivity index (χ0) is 28.1. The van der Waals surface area contributed by atoms with Crippen molar-refractivity contribution < 1.29 is 9.59 Å². The molecule has 1 aromatic carbocycles. The third kappa shape index (κ3) is 10.0. The van der Waals surface area contributed by atoms with Crippen LogP contribution in [0, 0.1) is 6.92 Å². The summed E-state index contributed by atoms with van der Waals surface area (Å²) < 4.78 is 0. The molecule has 1 aromatic heterocycles. The van der Waals surface area contributed by atoms with Crippen molar-refractivity contribution in [2.24, 2.45) is 0 Å². The summed E-state index contributed by atoms with van der Waals surface area (Å²) in [5, 5.41) is 7.36. The summed E-state index contributed by atoms with van der Waals surface area (Å²) in [7, 11) is 1.91. The smallest absolute Gasteiger partial charge is 0.242 e. The maximum absolute atomic E-state index is 13.5. The van der Waals surface area contributed by atoms with E-state index in [4.69, 9.17) is 4.98 Å². The van der Waals surface area contributed by atoms with Gasteiger partial charge in [0.15, 0.2) is 0 Å². The number of benzene rings is 1. The van der Waals surface area contributed by atoms with Crippen LogP contribution >= 0.6 is 11.3 Å². The Kier molecular flexibility index (Phi) is 13.8. The van der Waals surface area contributed by atoms with E-state index in [-0.39, 0.29) is 30.9 Å². The highest BCUT2D eigenvalue weighted by Gasteiger charge is 2.23. The molecule has 1 atom stereocenters. The van der Waals surface area contributed by atoms with Gasteiger partial charge in [-0.05, 0) is 38.3 Å². The number of likely N-dealkylation sites (N-methyl/N-ethyl adjacent to an activating group) is 1. The molecule has 0 radical (unpaired) electrons. The second-order valence-corrected chi connectivity index (χ2v) is 11.6. The van der Waals surface area contributed by atoms with Crippen LogP contribution in [0.5, 0.6) is 0 Å². The summed E-state index contributed by atoms with van der Waals surface area (Å²) in [6.07, 6.45) is 6.17. The highest BCUT2D eigenvalue weighted by molar-refractivity contribution is 7.12. The number of carbonyl (C=O) groups excluding carboxylic acids is 2. The molecule has 0 fully saturated rings. The molecule has 0 aliphatic carbocycles. The van der Waals surface area contributed by atoms with Gasteiger partial charge >= 0.3 is 0 Å². The van der Waals surface area contributed by atoms with Crippen LogP contribution in [0.3, 0.4) is 0 Å². The summed E-state index contributed by atoms with van der Waals surface area (Å²) in [4.78, 5) is 36.3. The number of hydrogen-bond acceptors (Lipinski definition) is 6. The quantitative estimate of drug-likeness (QED) is 0.261. The minimum absolute atomic E-state index is 0.0398. The number of unbranched alkanes of at least 4 members (excludes halogenated alkanes) is 1. The Labute approximate surface area is 234 Å². The molecule has 2 amide bonds. The Morgan fingerprint density at radius 1 is 1.05 bits per heavy atom. The molecule has 1 heterocycles. The first kappa shape index (κ1) is 31.8. The number of aromatic nitrogens is 1. The molecule has 0 saturated heterocycles. The number of thiazole rings is 1. The molecular weight excluding hydrogens is 494 g/mol. The number of nitrogens with zero attached hydrogens (tertiary/aromatic N) is 3. The van der Waals surface area contributed by atoms with Crippen molar-refractivity contribution >= 4 is 28.8 Å². The fraction of sp³-hybridized carbons (Fsp3) is 0.633. The number of nitrogens with one attached hydrogen (secondary N) is 2. The average molecular weight is 544 g/mol. The van der Waals surface area contributed by atoms with Crippen LogP contribution in [0.15, 0.2) is 24.3 Å². The Morgan fingerprint density at radius 2 is 1.82 bits per heavy atom. The van der Waals surface area contributed by atoms with Gasteiger partial charge in [-0.1, -0.05) is 66.0 Å². The van der Waals surface area contributed by atoms with Crippen LogP contribution in [0.25, 0.3) is 11.3 Å². The van der Waals surface area contributed by atoms with Gasteiger partial charge in [0.1, 0.15) is 0 Å². The van der Waals surface area contributed by atoms with E-state index in [0.29, 0.717) is 19.1 Å². The second kappa shape index (κ2) is 16.5. The normalized spacial score (nSPS) is 12.0. The van der Waals surface area contributed by atoms with Gasteiger partial charge in [0.25, 0.3) is 0 Å². The molecule has 2 N–H and O–H groups in total. The largest absolute Gasteiger partial charge is 0.353 e. The Hall–Kier alpha value is -2.45. The van der Waals surface area contributed by atoms with E-state index in [0.717, 1.165) is 60.5 Å². The van der Waals surface area contributed by atoms with Gasteiger partial charge in [-0.2, -0.15) is 0 Å². The maximum Gasteiger partial charge on any atom is 0.242 e. The minimum Gasteiger partial charge on any atom is -0.353 e. The molecule has 0 spiro atoms. The summed E-state index contributed by atoms with van der Waals surface area (Å²) in [6, 6.07) is 8.69.